The molecule has 1 aliphatic rings. The number of aryl methyl sites for hydroxylation is 1. The van der Waals surface area contributed by atoms with Gasteiger partial charge in [0.05, 0.1) is 0 Å². The van der Waals surface area contributed by atoms with Crippen molar-refractivity contribution < 1.29 is 36.9 Å². The molecule has 2 rings (SSSR count). The number of carbonyl (C=O) groups is 1. The first kappa shape index (κ1) is 15.7. The zero-order valence-electron chi connectivity index (χ0n) is 10.3. The molecule has 0 atom stereocenters. The summed E-state index contributed by atoms with van der Waals surface area (Å²) in [5.41, 5.74) is 0.307. The maximum Gasteiger partial charge on any atom is 0.507 e. The van der Waals surface area contributed by atoms with E-state index < -0.39 is 29.7 Å². The maximum atomic E-state index is 13.0. The van der Waals surface area contributed by atoms with Gasteiger partial charge >= 0.3 is 18.2 Å². The van der Waals surface area contributed by atoms with Crippen molar-refractivity contribution in [1.82, 2.24) is 0 Å². The topological polar surface area (TPSA) is 55.8 Å². The Bertz CT molecular complexity index is 577. The van der Waals surface area contributed by atoms with Gasteiger partial charge in [0.25, 0.3) is 0 Å². The molecule has 1 aromatic carbocycles. The van der Waals surface area contributed by atoms with Crippen molar-refractivity contribution in [3.05, 3.63) is 22.7 Å². The lowest BCUT2D eigenvalue weighted by atomic mass is 10.1. The molecule has 1 N–H and O–H groups in total. The molecule has 0 bridgehead atoms. The minimum Gasteiger partial charge on any atom is -0.481 e. The summed E-state index contributed by atoms with van der Waals surface area (Å²) in [4.78, 5) is 10.4. The van der Waals surface area contributed by atoms with E-state index in [2.05, 4.69) is 9.47 Å². The molecular weight excluding hydrogens is 320 g/mol. The lowest BCUT2D eigenvalue weighted by molar-refractivity contribution is -0.391. The van der Waals surface area contributed by atoms with Crippen molar-refractivity contribution in [1.29, 1.82) is 0 Å². The predicted octanol–water partition coefficient (Wildman–Crippen LogP) is 3.70. The summed E-state index contributed by atoms with van der Waals surface area (Å²) in [5.74, 6) is -2.19. The lowest BCUT2D eigenvalue weighted by Gasteiger charge is -2.32. The molecule has 116 valence electrons. The van der Waals surface area contributed by atoms with Crippen LogP contribution in [0.25, 0.3) is 0 Å². The van der Waals surface area contributed by atoms with Crippen molar-refractivity contribution in [2.45, 2.75) is 31.5 Å². The van der Waals surface area contributed by atoms with Gasteiger partial charge in [-0.05, 0) is 24.5 Å². The Morgan fingerprint density at radius 3 is 2.19 bits per heavy atom. The summed E-state index contributed by atoms with van der Waals surface area (Å²) in [6, 6.07) is 1.98. The minimum absolute atomic E-state index is 0.00348. The number of carboxylic acid groups (broad SMARTS) is 1. The largest absolute Gasteiger partial charge is 0.507 e. The number of rotatable bonds is 4. The standard InChI is InChI=1S/C12H9ClF4O4/c13-7-5-9-8(4-6(7)2-1-3-10(18)19)20-11(14,15)12(16,17)21-9/h4-5H,1-3H2,(H,18,19). The van der Waals surface area contributed by atoms with E-state index in [0.717, 1.165) is 12.1 Å². The van der Waals surface area contributed by atoms with Crippen LogP contribution in [0.5, 0.6) is 11.5 Å². The van der Waals surface area contributed by atoms with Gasteiger partial charge in [0.15, 0.2) is 11.5 Å². The molecule has 0 amide bonds. The zero-order chi connectivity index (χ0) is 15.8. The predicted molar refractivity (Wildman–Crippen MR) is 63.2 cm³/mol. The second-order valence-electron chi connectivity index (χ2n) is 4.38. The van der Waals surface area contributed by atoms with Crippen molar-refractivity contribution in [2.24, 2.45) is 0 Å². The Balaban J connectivity index is 2.25. The first-order valence-electron chi connectivity index (χ1n) is 5.80. The van der Waals surface area contributed by atoms with Crippen LogP contribution in [0, 0.1) is 0 Å². The van der Waals surface area contributed by atoms with E-state index in [1.54, 1.807) is 0 Å². The number of halogens is 5. The van der Waals surface area contributed by atoms with Crippen LogP contribution in [-0.4, -0.2) is 23.3 Å². The third-order valence-corrected chi connectivity index (χ3v) is 3.12. The highest BCUT2D eigenvalue weighted by atomic mass is 35.5. The molecule has 0 spiro atoms. The summed E-state index contributed by atoms with van der Waals surface area (Å²) in [5, 5.41) is 8.52. The molecule has 0 fully saturated rings. The third-order valence-electron chi connectivity index (χ3n) is 2.76. The van der Waals surface area contributed by atoms with E-state index in [1.165, 1.54) is 0 Å². The number of hydrogen-bond acceptors (Lipinski definition) is 3. The number of alkyl halides is 4. The summed E-state index contributed by atoms with van der Waals surface area (Å²) in [6.45, 7) is 0. The molecule has 0 radical (unpaired) electrons. The quantitative estimate of drug-likeness (QED) is 0.856. The van der Waals surface area contributed by atoms with Gasteiger partial charge in [-0.3, -0.25) is 4.79 Å². The Labute approximate surface area is 121 Å². The average molecular weight is 329 g/mol. The minimum atomic E-state index is -4.80. The van der Waals surface area contributed by atoms with Crippen molar-refractivity contribution in [2.75, 3.05) is 0 Å². The van der Waals surface area contributed by atoms with Gasteiger partial charge < -0.3 is 14.6 Å². The number of hydrogen-bond donors (Lipinski definition) is 1. The van der Waals surface area contributed by atoms with Gasteiger partial charge in [-0.2, -0.15) is 17.6 Å². The smallest absolute Gasteiger partial charge is 0.481 e. The highest BCUT2D eigenvalue weighted by Gasteiger charge is 2.66. The first-order chi connectivity index (χ1) is 9.62. The molecule has 0 saturated heterocycles. The van der Waals surface area contributed by atoms with Crippen LogP contribution in [0.4, 0.5) is 17.6 Å². The van der Waals surface area contributed by atoms with Crippen molar-refractivity contribution >= 4 is 17.6 Å². The Morgan fingerprint density at radius 2 is 1.67 bits per heavy atom. The molecule has 0 unspecified atom stereocenters. The van der Waals surface area contributed by atoms with E-state index in [4.69, 9.17) is 16.7 Å². The number of ether oxygens (including phenoxy) is 2. The Kier molecular flexibility index (Phi) is 3.92. The molecule has 21 heavy (non-hydrogen) atoms. The molecular formula is C12H9ClF4O4. The van der Waals surface area contributed by atoms with Crippen LogP contribution in [0.15, 0.2) is 12.1 Å². The number of aliphatic carboxylic acids is 1. The summed E-state index contributed by atoms with van der Waals surface area (Å²) in [6.07, 6.45) is -9.36. The normalized spacial score (nSPS) is 18.3. The fourth-order valence-corrected chi connectivity index (χ4v) is 2.00. The SMILES string of the molecule is O=C(O)CCCc1cc2c(cc1Cl)OC(F)(F)C(F)(F)O2. The molecule has 9 heteroatoms. The average Bonchev–Trinajstić information content (AvgIpc) is 2.31. The lowest BCUT2D eigenvalue weighted by Crippen LogP contribution is -2.52. The van der Waals surface area contributed by atoms with E-state index in [1.807, 2.05) is 0 Å². The number of fused-ring (bicyclic) bond motifs is 1. The number of carboxylic acids is 1. The summed E-state index contributed by atoms with van der Waals surface area (Å²) < 4.78 is 59.9. The fraction of sp³-hybridized carbons (Fsp3) is 0.417. The van der Waals surface area contributed by atoms with Crippen LogP contribution >= 0.6 is 11.6 Å². The molecule has 0 aromatic heterocycles. The second-order valence-corrected chi connectivity index (χ2v) is 4.78. The van der Waals surface area contributed by atoms with Crippen LogP contribution in [0.3, 0.4) is 0 Å². The second kappa shape index (κ2) is 5.25. The van der Waals surface area contributed by atoms with E-state index >= 15 is 0 Å². The molecule has 4 nitrogen and oxygen atoms in total. The van der Waals surface area contributed by atoms with Crippen molar-refractivity contribution in [3.63, 3.8) is 0 Å². The van der Waals surface area contributed by atoms with Crippen LogP contribution < -0.4 is 9.47 Å². The van der Waals surface area contributed by atoms with Crippen LogP contribution in [-0.2, 0) is 11.2 Å². The zero-order valence-corrected chi connectivity index (χ0v) is 11.1. The van der Waals surface area contributed by atoms with Gasteiger partial charge in [0.1, 0.15) is 0 Å². The molecule has 1 aliphatic heterocycles. The summed E-state index contributed by atoms with van der Waals surface area (Å²) >= 11 is 5.83. The highest BCUT2D eigenvalue weighted by molar-refractivity contribution is 6.31. The van der Waals surface area contributed by atoms with E-state index in [-0.39, 0.29) is 24.3 Å². The van der Waals surface area contributed by atoms with Crippen LogP contribution in [0.2, 0.25) is 5.02 Å². The molecule has 0 saturated carbocycles. The van der Waals surface area contributed by atoms with Gasteiger partial charge in [0, 0.05) is 17.5 Å². The van der Waals surface area contributed by atoms with Crippen molar-refractivity contribution in [3.8, 4) is 11.5 Å². The van der Waals surface area contributed by atoms with Gasteiger partial charge in [0.2, 0.25) is 0 Å². The first-order valence-corrected chi connectivity index (χ1v) is 6.18. The van der Waals surface area contributed by atoms with E-state index in [9.17, 15) is 22.4 Å². The van der Waals surface area contributed by atoms with Gasteiger partial charge in [-0.1, -0.05) is 11.6 Å². The highest BCUT2D eigenvalue weighted by Crippen LogP contribution is 2.48. The fourth-order valence-electron chi connectivity index (χ4n) is 1.75. The Hall–Kier alpha value is -1.70. The monoisotopic (exact) mass is 328 g/mol. The Morgan fingerprint density at radius 1 is 1.14 bits per heavy atom. The molecule has 1 aromatic rings. The third kappa shape index (κ3) is 3.15. The van der Waals surface area contributed by atoms with Gasteiger partial charge in [-0.25, -0.2) is 0 Å². The molecule has 1 heterocycles. The number of benzene rings is 1. The van der Waals surface area contributed by atoms with E-state index in [0.29, 0.717) is 5.56 Å². The summed E-state index contributed by atoms with van der Waals surface area (Å²) in [7, 11) is 0. The van der Waals surface area contributed by atoms with Crippen LogP contribution in [0.1, 0.15) is 18.4 Å². The molecule has 0 aliphatic carbocycles. The van der Waals surface area contributed by atoms with Gasteiger partial charge in [-0.15, -0.1) is 0 Å². The maximum absolute atomic E-state index is 13.0.